The molecule has 0 radical (unpaired) electrons. The summed E-state index contributed by atoms with van der Waals surface area (Å²) in [7, 11) is -3.82. The van der Waals surface area contributed by atoms with Gasteiger partial charge in [0.15, 0.2) is 6.61 Å². The van der Waals surface area contributed by atoms with E-state index in [-0.39, 0.29) is 25.4 Å². The monoisotopic (exact) mass is 384 g/mol. The molecule has 0 unspecified atom stereocenters. The predicted octanol–water partition coefficient (Wildman–Crippen LogP) is 1.93. The second-order valence-electron chi connectivity index (χ2n) is 5.38. The highest BCUT2D eigenvalue weighted by Crippen LogP contribution is 2.22. The summed E-state index contributed by atoms with van der Waals surface area (Å²) < 4.78 is 56.7. The molecule has 0 aromatic heterocycles. The number of amides is 1. The maximum Gasteiger partial charge on any atom is 0.258 e. The van der Waals surface area contributed by atoms with Gasteiger partial charge in [-0.05, 0) is 24.3 Å². The number of nitrogens with zero attached hydrogens (tertiary/aromatic N) is 1. The summed E-state index contributed by atoms with van der Waals surface area (Å²) in [6.07, 6.45) is 0.899. The Hall–Kier alpha value is -2.68. The molecule has 0 heterocycles. The minimum absolute atomic E-state index is 0.0686. The lowest BCUT2D eigenvalue weighted by Gasteiger charge is -2.23. The van der Waals surface area contributed by atoms with E-state index in [9.17, 15) is 22.0 Å². The molecule has 2 aromatic rings. The first-order chi connectivity index (χ1) is 12.3. The fourth-order valence-electron chi connectivity index (χ4n) is 2.16. The van der Waals surface area contributed by atoms with E-state index in [2.05, 4.69) is 5.32 Å². The molecule has 2 aromatic carbocycles. The standard InChI is InChI=1S/C17H18F2N2O4S/c1-26(23,24)21(16-8-7-13(18)11-15(16)19)10-9-20-17(22)12-25-14-5-3-2-4-6-14/h2-8,11H,9-10,12H2,1H3,(H,20,22). The molecule has 0 spiro atoms. The first kappa shape index (κ1) is 19.6. The van der Waals surface area contributed by atoms with Crippen molar-refractivity contribution in [3.05, 3.63) is 60.2 Å². The van der Waals surface area contributed by atoms with Crippen LogP contribution < -0.4 is 14.4 Å². The molecule has 0 aliphatic carbocycles. The molecule has 1 amide bonds. The van der Waals surface area contributed by atoms with Crippen molar-refractivity contribution in [3.63, 3.8) is 0 Å². The summed E-state index contributed by atoms with van der Waals surface area (Å²) in [6, 6.07) is 11.3. The van der Waals surface area contributed by atoms with Gasteiger partial charge in [-0.2, -0.15) is 0 Å². The number of para-hydroxylation sites is 1. The van der Waals surface area contributed by atoms with Gasteiger partial charge in [-0.15, -0.1) is 0 Å². The molecular weight excluding hydrogens is 366 g/mol. The quantitative estimate of drug-likeness (QED) is 0.755. The van der Waals surface area contributed by atoms with Crippen molar-refractivity contribution in [1.29, 1.82) is 0 Å². The molecule has 0 aliphatic heterocycles. The van der Waals surface area contributed by atoms with Crippen LogP contribution in [0.3, 0.4) is 0 Å². The van der Waals surface area contributed by atoms with Crippen LogP contribution in [-0.4, -0.2) is 40.3 Å². The summed E-state index contributed by atoms with van der Waals surface area (Å²) in [5.41, 5.74) is -0.288. The van der Waals surface area contributed by atoms with Crippen molar-refractivity contribution in [2.75, 3.05) is 30.3 Å². The first-order valence-electron chi connectivity index (χ1n) is 7.64. The van der Waals surface area contributed by atoms with Gasteiger partial charge in [-0.25, -0.2) is 17.2 Å². The lowest BCUT2D eigenvalue weighted by molar-refractivity contribution is -0.123. The zero-order chi connectivity index (χ0) is 19.2. The molecule has 9 heteroatoms. The van der Waals surface area contributed by atoms with Gasteiger partial charge in [0.05, 0.1) is 18.5 Å². The van der Waals surface area contributed by atoms with Crippen LogP contribution in [0.25, 0.3) is 0 Å². The highest BCUT2D eigenvalue weighted by molar-refractivity contribution is 7.92. The Morgan fingerprint density at radius 3 is 2.46 bits per heavy atom. The minimum Gasteiger partial charge on any atom is -0.484 e. The van der Waals surface area contributed by atoms with Crippen molar-refractivity contribution >= 4 is 21.6 Å². The fourth-order valence-corrected chi connectivity index (χ4v) is 3.09. The Morgan fingerprint density at radius 1 is 1.15 bits per heavy atom. The van der Waals surface area contributed by atoms with E-state index in [1.807, 2.05) is 0 Å². The summed E-state index contributed by atoms with van der Waals surface area (Å²) in [5.74, 6) is -1.75. The number of halogens is 2. The van der Waals surface area contributed by atoms with E-state index in [0.29, 0.717) is 11.8 Å². The second kappa shape index (κ2) is 8.61. The zero-order valence-electron chi connectivity index (χ0n) is 14.0. The predicted molar refractivity (Wildman–Crippen MR) is 93.5 cm³/mol. The largest absolute Gasteiger partial charge is 0.484 e. The SMILES string of the molecule is CS(=O)(=O)N(CCNC(=O)COc1ccccc1)c1ccc(F)cc1F. The van der Waals surface area contributed by atoms with Gasteiger partial charge in [0.1, 0.15) is 17.4 Å². The summed E-state index contributed by atoms with van der Waals surface area (Å²) >= 11 is 0. The number of anilines is 1. The van der Waals surface area contributed by atoms with Crippen LogP contribution in [0.15, 0.2) is 48.5 Å². The summed E-state index contributed by atoms with van der Waals surface area (Å²) in [4.78, 5) is 11.8. The van der Waals surface area contributed by atoms with Crippen molar-refractivity contribution < 1.29 is 26.7 Å². The van der Waals surface area contributed by atoms with Gasteiger partial charge in [0, 0.05) is 12.6 Å². The van der Waals surface area contributed by atoms with Crippen molar-refractivity contribution in [2.24, 2.45) is 0 Å². The van der Waals surface area contributed by atoms with E-state index in [0.717, 1.165) is 22.7 Å². The Kier molecular flexibility index (Phi) is 6.51. The maximum absolute atomic E-state index is 13.9. The average molecular weight is 384 g/mol. The maximum atomic E-state index is 13.9. The van der Waals surface area contributed by atoms with Crippen molar-refractivity contribution in [1.82, 2.24) is 5.32 Å². The third-order valence-corrected chi connectivity index (χ3v) is 4.51. The van der Waals surface area contributed by atoms with E-state index < -0.39 is 27.6 Å². The van der Waals surface area contributed by atoms with Crippen LogP contribution in [0.5, 0.6) is 5.75 Å². The number of benzene rings is 2. The first-order valence-corrected chi connectivity index (χ1v) is 9.49. The molecule has 0 saturated heterocycles. The number of ether oxygens (including phenoxy) is 1. The van der Waals surface area contributed by atoms with Crippen LogP contribution in [0.2, 0.25) is 0 Å². The molecule has 140 valence electrons. The van der Waals surface area contributed by atoms with Crippen molar-refractivity contribution in [3.8, 4) is 5.75 Å². The molecule has 0 saturated carbocycles. The summed E-state index contributed by atoms with van der Waals surface area (Å²) in [6.45, 7) is -0.521. The molecular formula is C17H18F2N2O4S. The average Bonchev–Trinajstić information content (AvgIpc) is 2.58. The molecule has 0 aliphatic rings. The highest BCUT2D eigenvalue weighted by atomic mass is 32.2. The second-order valence-corrected chi connectivity index (χ2v) is 7.29. The number of hydrogen-bond donors (Lipinski definition) is 1. The van der Waals surface area contributed by atoms with Crippen LogP contribution in [0.4, 0.5) is 14.5 Å². The smallest absolute Gasteiger partial charge is 0.258 e. The lowest BCUT2D eigenvalue weighted by atomic mass is 10.3. The Balaban J connectivity index is 1.92. The highest BCUT2D eigenvalue weighted by Gasteiger charge is 2.21. The van der Waals surface area contributed by atoms with Gasteiger partial charge < -0.3 is 10.1 Å². The molecule has 6 nitrogen and oxygen atoms in total. The van der Waals surface area contributed by atoms with E-state index >= 15 is 0 Å². The number of sulfonamides is 1. The Morgan fingerprint density at radius 2 is 1.85 bits per heavy atom. The number of nitrogens with one attached hydrogen (secondary N) is 1. The van der Waals surface area contributed by atoms with Crippen LogP contribution in [-0.2, 0) is 14.8 Å². The number of hydrogen-bond acceptors (Lipinski definition) is 4. The third-order valence-electron chi connectivity index (χ3n) is 3.33. The van der Waals surface area contributed by atoms with Gasteiger partial charge in [0.25, 0.3) is 5.91 Å². The molecule has 26 heavy (non-hydrogen) atoms. The molecule has 2 rings (SSSR count). The summed E-state index contributed by atoms with van der Waals surface area (Å²) in [5, 5.41) is 2.49. The number of carbonyl (C=O) groups excluding carboxylic acids is 1. The van der Waals surface area contributed by atoms with Gasteiger partial charge in [-0.1, -0.05) is 18.2 Å². The van der Waals surface area contributed by atoms with Crippen molar-refractivity contribution in [2.45, 2.75) is 0 Å². The fraction of sp³-hybridized carbons (Fsp3) is 0.235. The van der Waals surface area contributed by atoms with E-state index in [1.165, 1.54) is 0 Å². The van der Waals surface area contributed by atoms with Gasteiger partial charge in [0.2, 0.25) is 10.0 Å². The normalized spacial score (nSPS) is 11.0. The Labute approximate surface area is 150 Å². The third kappa shape index (κ3) is 5.69. The van der Waals surface area contributed by atoms with Crippen LogP contribution >= 0.6 is 0 Å². The molecule has 0 fully saturated rings. The minimum atomic E-state index is -3.82. The molecule has 0 atom stereocenters. The zero-order valence-corrected chi connectivity index (χ0v) is 14.8. The lowest BCUT2D eigenvalue weighted by Crippen LogP contribution is -2.39. The van der Waals surface area contributed by atoms with Gasteiger partial charge in [-0.3, -0.25) is 9.10 Å². The van der Waals surface area contributed by atoms with Crippen LogP contribution in [0.1, 0.15) is 0 Å². The van der Waals surface area contributed by atoms with Crippen LogP contribution in [0, 0.1) is 11.6 Å². The number of rotatable bonds is 8. The number of carbonyl (C=O) groups is 1. The Bertz CT molecular complexity index is 860. The van der Waals surface area contributed by atoms with Gasteiger partial charge >= 0.3 is 0 Å². The molecule has 1 N–H and O–H groups in total. The van der Waals surface area contributed by atoms with E-state index in [1.54, 1.807) is 30.3 Å². The topological polar surface area (TPSA) is 75.7 Å². The van der Waals surface area contributed by atoms with E-state index in [4.69, 9.17) is 4.74 Å². The molecule has 0 bridgehead atoms.